The van der Waals surface area contributed by atoms with Gasteiger partial charge in [0.05, 0.1) is 0 Å². The van der Waals surface area contributed by atoms with E-state index in [1.54, 1.807) is 0 Å². The van der Waals surface area contributed by atoms with Gasteiger partial charge >= 0.3 is 0 Å². The molecule has 1 aromatic rings. The molecular weight excluding hydrogens is 286 g/mol. The summed E-state index contributed by atoms with van der Waals surface area (Å²) < 4.78 is 0. The van der Waals surface area contributed by atoms with E-state index in [9.17, 15) is 4.79 Å². The van der Waals surface area contributed by atoms with Gasteiger partial charge in [-0.2, -0.15) is 0 Å². The minimum absolute atomic E-state index is 0.0548. The summed E-state index contributed by atoms with van der Waals surface area (Å²) in [5.41, 5.74) is 3.31. The van der Waals surface area contributed by atoms with Crippen molar-refractivity contribution in [2.75, 3.05) is 32.5 Å². The lowest BCUT2D eigenvalue weighted by Crippen LogP contribution is -2.55. The van der Waals surface area contributed by atoms with Crippen LogP contribution in [0.5, 0.6) is 0 Å². The van der Waals surface area contributed by atoms with Crippen LogP contribution in [0.25, 0.3) is 0 Å². The third-order valence-electron chi connectivity index (χ3n) is 5.67. The number of rotatable bonds is 4. The zero-order valence-electron chi connectivity index (χ0n) is 14.6. The summed E-state index contributed by atoms with van der Waals surface area (Å²) in [7, 11) is 4.29. The average Bonchev–Trinajstić information content (AvgIpc) is 3.00. The summed E-state index contributed by atoms with van der Waals surface area (Å²) in [6, 6.07) is 6.00. The quantitative estimate of drug-likeness (QED) is 0.898. The fourth-order valence-electron chi connectivity index (χ4n) is 4.15. The largest absolute Gasteiger partial charge is 0.384 e. The third-order valence-corrected chi connectivity index (χ3v) is 5.67. The number of carbonyl (C=O) groups excluding carboxylic acids is 1. The third kappa shape index (κ3) is 3.37. The van der Waals surface area contributed by atoms with Gasteiger partial charge in [-0.3, -0.25) is 4.79 Å². The standard InChI is InChI=1S/C19H29N3O/c1-14-5-4-9-19(12-14,22(2)3)13-21-18(23)16-6-7-17-15(11-16)8-10-20-17/h6-7,11,14,20H,4-5,8-10,12-13H2,1-3H3,(H,21,23). The number of benzene rings is 1. The molecule has 1 aliphatic carbocycles. The number of hydrogen-bond acceptors (Lipinski definition) is 3. The topological polar surface area (TPSA) is 44.4 Å². The molecule has 126 valence electrons. The molecule has 0 spiro atoms. The van der Waals surface area contributed by atoms with E-state index in [1.165, 1.54) is 30.5 Å². The van der Waals surface area contributed by atoms with Crippen LogP contribution in [-0.4, -0.2) is 43.5 Å². The van der Waals surface area contributed by atoms with Gasteiger partial charge in [0.15, 0.2) is 0 Å². The second kappa shape index (κ2) is 6.52. The summed E-state index contributed by atoms with van der Waals surface area (Å²) in [6.07, 6.45) is 5.89. The molecule has 0 radical (unpaired) electrons. The van der Waals surface area contributed by atoms with E-state index in [-0.39, 0.29) is 11.4 Å². The minimum Gasteiger partial charge on any atom is -0.384 e. The predicted molar refractivity (Wildman–Crippen MR) is 95.0 cm³/mol. The molecule has 3 rings (SSSR count). The van der Waals surface area contributed by atoms with Gasteiger partial charge in [-0.15, -0.1) is 0 Å². The zero-order chi connectivity index (χ0) is 16.4. The first-order chi connectivity index (χ1) is 11.0. The Labute approximate surface area is 139 Å². The fourth-order valence-corrected chi connectivity index (χ4v) is 4.15. The van der Waals surface area contributed by atoms with E-state index in [2.05, 4.69) is 36.6 Å². The molecule has 4 nitrogen and oxygen atoms in total. The van der Waals surface area contributed by atoms with Crippen LogP contribution in [0.2, 0.25) is 0 Å². The van der Waals surface area contributed by atoms with Crippen molar-refractivity contribution in [1.29, 1.82) is 0 Å². The molecule has 1 saturated carbocycles. The van der Waals surface area contributed by atoms with Crippen LogP contribution in [0.4, 0.5) is 5.69 Å². The van der Waals surface area contributed by atoms with E-state index >= 15 is 0 Å². The lowest BCUT2D eigenvalue weighted by atomic mass is 9.75. The highest BCUT2D eigenvalue weighted by molar-refractivity contribution is 5.95. The van der Waals surface area contributed by atoms with E-state index < -0.39 is 0 Å². The van der Waals surface area contributed by atoms with Crippen LogP contribution in [-0.2, 0) is 6.42 Å². The summed E-state index contributed by atoms with van der Waals surface area (Å²) in [5.74, 6) is 0.785. The highest BCUT2D eigenvalue weighted by Gasteiger charge is 2.37. The number of nitrogens with one attached hydrogen (secondary N) is 2. The van der Waals surface area contributed by atoms with Gasteiger partial charge in [-0.05, 0) is 63.0 Å². The first kappa shape index (κ1) is 16.3. The van der Waals surface area contributed by atoms with E-state index in [4.69, 9.17) is 0 Å². The second-order valence-corrected chi connectivity index (χ2v) is 7.55. The molecule has 1 fully saturated rings. The van der Waals surface area contributed by atoms with E-state index in [1.807, 2.05) is 18.2 Å². The van der Waals surface area contributed by atoms with Crippen molar-refractivity contribution >= 4 is 11.6 Å². The Morgan fingerprint density at radius 2 is 2.26 bits per heavy atom. The number of carbonyl (C=O) groups is 1. The Bertz CT molecular complexity index is 584. The van der Waals surface area contributed by atoms with Gasteiger partial charge in [0.25, 0.3) is 5.91 Å². The molecule has 1 aromatic carbocycles. The van der Waals surface area contributed by atoms with Crippen LogP contribution in [0.1, 0.15) is 48.5 Å². The van der Waals surface area contributed by atoms with Crippen LogP contribution in [0.15, 0.2) is 18.2 Å². The zero-order valence-corrected chi connectivity index (χ0v) is 14.6. The Kier molecular flexibility index (Phi) is 4.62. The van der Waals surface area contributed by atoms with Crippen molar-refractivity contribution < 1.29 is 4.79 Å². The molecule has 2 atom stereocenters. The van der Waals surface area contributed by atoms with Crippen molar-refractivity contribution in [1.82, 2.24) is 10.2 Å². The van der Waals surface area contributed by atoms with Crippen LogP contribution in [0.3, 0.4) is 0 Å². The van der Waals surface area contributed by atoms with Crippen molar-refractivity contribution in [2.24, 2.45) is 5.92 Å². The first-order valence-corrected chi connectivity index (χ1v) is 8.83. The van der Waals surface area contributed by atoms with Crippen molar-refractivity contribution in [3.05, 3.63) is 29.3 Å². The second-order valence-electron chi connectivity index (χ2n) is 7.55. The highest BCUT2D eigenvalue weighted by Crippen LogP contribution is 2.35. The summed E-state index contributed by atoms with van der Waals surface area (Å²) in [6.45, 7) is 4.03. The smallest absolute Gasteiger partial charge is 0.251 e. The Morgan fingerprint density at radius 1 is 1.43 bits per heavy atom. The van der Waals surface area contributed by atoms with Gasteiger partial charge in [0.2, 0.25) is 0 Å². The number of nitrogens with zero attached hydrogens (tertiary/aromatic N) is 1. The molecule has 23 heavy (non-hydrogen) atoms. The molecule has 4 heteroatoms. The molecule has 2 aliphatic rings. The summed E-state index contributed by atoms with van der Waals surface area (Å²) in [4.78, 5) is 14.9. The molecule has 2 unspecified atom stereocenters. The van der Waals surface area contributed by atoms with E-state index in [0.717, 1.165) is 37.4 Å². The van der Waals surface area contributed by atoms with Crippen molar-refractivity contribution in [3.8, 4) is 0 Å². The normalized spacial score (nSPS) is 26.7. The maximum atomic E-state index is 12.6. The number of hydrogen-bond donors (Lipinski definition) is 2. The number of likely N-dealkylation sites (N-methyl/N-ethyl adjacent to an activating group) is 1. The maximum Gasteiger partial charge on any atom is 0.251 e. The molecule has 0 saturated heterocycles. The first-order valence-electron chi connectivity index (χ1n) is 8.83. The molecule has 1 aliphatic heterocycles. The highest BCUT2D eigenvalue weighted by atomic mass is 16.1. The lowest BCUT2D eigenvalue weighted by molar-refractivity contribution is 0.0675. The van der Waals surface area contributed by atoms with Crippen LogP contribution >= 0.6 is 0 Å². The molecular formula is C19H29N3O. The Morgan fingerprint density at radius 3 is 3.00 bits per heavy atom. The number of amides is 1. The monoisotopic (exact) mass is 315 g/mol. The van der Waals surface area contributed by atoms with Gasteiger partial charge in [-0.25, -0.2) is 0 Å². The molecule has 0 bridgehead atoms. The molecule has 1 heterocycles. The van der Waals surface area contributed by atoms with Crippen molar-refractivity contribution in [2.45, 2.75) is 44.6 Å². The molecule has 1 amide bonds. The van der Waals surface area contributed by atoms with Gasteiger partial charge in [0, 0.05) is 29.9 Å². The Hall–Kier alpha value is -1.55. The lowest BCUT2D eigenvalue weighted by Gasteiger charge is -2.45. The SMILES string of the molecule is CC1CCCC(CNC(=O)c2ccc3c(c2)CCN3)(N(C)C)C1. The number of anilines is 1. The molecule has 2 N–H and O–H groups in total. The van der Waals surface area contributed by atoms with Crippen LogP contribution in [0, 0.1) is 5.92 Å². The summed E-state index contributed by atoms with van der Waals surface area (Å²) >= 11 is 0. The van der Waals surface area contributed by atoms with Gasteiger partial charge in [-0.1, -0.05) is 19.8 Å². The van der Waals surface area contributed by atoms with Gasteiger partial charge < -0.3 is 15.5 Å². The number of fused-ring (bicyclic) bond motifs is 1. The Balaban J connectivity index is 1.67. The van der Waals surface area contributed by atoms with Crippen LogP contribution < -0.4 is 10.6 Å². The predicted octanol–water partition coefficient (Wildman–Crippen LogP) is 2.89. The van der Waals surface area contributed by atoms with E-state index in [0.29, 0.717) is 0 Å². The molecule has 0 aromatic heterocycles. The average molecular weight is 315 g/mol. The summed E-state index contributed by atoms with van der Waals surface area (Å²) in [5, 5.41) is 6.54. The van der Waals surface area contributed by atoms with Gasteiger partial charge in [0.1, 0.15) is 0 Å². The fraction of sp³-hybridized carbons (Fsp3) is 0.632. The minimum atomic E-state index is 0.0548. The van der Waals surface area contributed by atoms with Crippen molar-refractivity contribution in [3.63, 3.8) is 0 Å². The maximum absolute atomic E-state index is 12.6.